The third-order valence-corrected chi connectivity index (χ3v) is 4.29. The number of nitrogens with zero attached hydrogens (tertiary/aromatic N) is 1. The Kier molecular flexibility index (Phi) is 2.93. The molecule has 0 spiro atoms. The monoisotopic (exact) mass is 283 g/mol. The van der Waals surface area contributed by atoms with Gasteiger partial charge >= 0.3 is 0 Å². The second kappa shape index (κ2) is 4.96. The Balaban J connectivity index is 2.02. The van der Waals surface area contributed by atoms with Crippen molar-refractivity contribution in [1.82, 2.24) is 4.98 Å². The second-order valence-electron chi connectivity index (χ2n) is 5.90. The molecule has 0 N–H and O–H groups in total. The Hall–Kier alpha value is -2.67. The van der Waals surface area contributed by atoms with Crippen LogP contribution < -0.4 is 0 Å². The van der Waals surface area contributed by atoms with E-state index in [2.05, 4.69) is 79.5 Å². The molecular weight excluding hydrogens is 266 g/mol. The topological polar surface area (TPSA) is 12.9 Å². The third-order valence-electron chi connectivity index (χ3n) is 4.29. The summed E-state index contributed by atoms with van der Waals surface area (Å²) < 4.78 is 0. The summed E-state index contributed by atoms with van der Waals surface area (Å²) in [6.07, 6.45) is 1.98. The number of fused-ring (bicyclic) bond motifs is 3. The second-order valence-corrected chi connectivity index (χ2v) is 5.90. The van der Waals surface area contributed by atoms with E-state index in [1.165, 1.54) is 38.2 Å². The highest BCUT2D eigenvalue weighted by atomic mass is 14.7. The van der Waals surface area contributed by atoms with E-state index in [9.17, 15) is 0 Å². The number of pyridine rings is 1. The standard InChI is InChI=1S/C21H17N/c1-14-7-10-18(15(2)11-14)21-12-20-17(13-22-21)9-8-16-5-3-4-6-19(16)20/h3-13H,1-2H3. The smallest absolute Gasteiger partial charge is 0.0711 e. The number of hydrogen-bond acceptors (Lipinski definition) is 1. The minimum absolute atomic E-state index is 1.04. The van der Waals surface area contributed by atoms with Crippen LogP contribution in [0.25, 0.3) is 32.8 Å². The first-order chi connectivity index (χ1) is 10.7. The molecule has 0 saturated carbocycles. The lowest BCUT2D eigenvalue weighted by Gasteiger charge is -2.09. The van der Waals surface area contributed by atoms with Crippen molar-refractivity contribution >= 4 is 21.5 Å². The molecule has 0 aliphatic heterocycles. The minimum Gasteiger partial charge on any atom is -0.256 e. The van der Waals surface area contributed by atoms with E-state index in [1.54, 1.807) is 0 Å². The molecule has 0 radical (unpaired) electrons. The van der Waals surface area contributed by atoms with Gasteiger partial charge in [0, 0.05) is 17.1 Å². The molecule has 4 aromatic rings. The number of benzene rings is 3. The van der Waals surface area contributed by atoms with Gasteiger partial charge in [-0.1, -0.05) is 60.2 Å². The van der Waals surface area contributed by atoms with E-state index in [1.807, 2.05) is 6.20 Å². The predicted octanol–water partition coefficient (Wildman–Crippen LogP) is 5.67. The SMILES string of the molecule is Cc1ccc(-c2cc3c(ccc4ccccc43)cn2)c(C)c1. The summed E-state index contributed by atoms with van der Waals surface area (Å²) in [5.41, 5.74) is 4.81. The molecule has 0 aliphatic rings. The van der Waals surface area contributed by atoms with E-state index in [4.69, 9.17) is 0 Å². The molecule has 1 heterocycles. The zero-order valence-corrected chi connectivity index (χ0v) is 12.8. The van der Waals surface area contributed by atoms with E-state index in [-0.39, 0.29) is 0 Å². The van der Waals surface area contributed by atoms with Crippen molar-refractivity contribution in [3.05, 3.63) is 78.0 Å². The van der Waals surface area contributed by atoms with E-state index < -0.39 is 0 Å². The summed E-state index contributed by atoms with van der Waals surface area (Å²) in [4.78, 5) is 4.67. The number of rotatable bonds is 1. The summed E-state index contributed by atoms with van der Waals surface area (Å²) in [6, 6.07) is 21.6. The average Bonchev–Trinajstić information content (AvgIpc) is 2.54. The van der Waals surface area contributed by atoms with Gasteiger partial charge in [-0.15, -0.1) is 0 Å². The van der Waals surface area contributed by atoms with Gasteiger partial charge in [0.05, 0.1) is 5.69 Å². The number of aryl methyl sites for hydroxylation is 2. The van der Waals surface area contributed by atoms with Crippen molar-refractivity contribution in [1.29, 1.82) is 0 Å². The third kappa shape index (κ3) is 2.06. The van der Waals surface area contributed by atoms with Crippen LogP contribution in [0.15, 0.2) is 66.9 Å². The highest BCUT2D eigenvalue weighted by Crippen LogP contribution is 2.29. The molecule has 1 nitrogen and oxygen atoms in total. The molecule has 22 heavy (non-hydrogen) atoms. The summed E-state index contributed by atoms with van der Waals surface area (Å²) in [5, 5.41) is 5.01. The molecule has 0 atom stereocenters. The van der Waals surface area contributed by atoms with Crippen molar-refractivity contribution in [2.24, 2.45) is 0 Å². The van der Waals surface area contributed by atoms with Gasteiger partial charge in [0.2, 0.25) is 0 Å². The normalized spacial score (nSPS) is 11.2. The maximum Gasteiger partial charge on any atom is 0.0711 e. The average molecular weight is 283 g/mol. The molecule has 0 amide bonds. The van der Waals surface area contributed by atoms with Gasteiger partial charge in [0.15, 0.2) is 0 Å². The van der Waals surface area contributed by atoms with Crippen LogP contribution in [0.4, 0.5) is 0 Å². The first-order valence-electron chi connectivity index (χ1n) is 7.57. The van der Waals surface area contributed by atoms with E-state index >= 15 is 0 Å². The zero-order chi connectivity index (χ0) is 15.1. The van der Waals surface area contributed by atoms with Crippen LogP contribution in [0.2, 0.25) is 0 Å². The molecule has 4 rings (SSSR count). The Labute approximate surface area is 130 Å². The van der Waals surface area contributed by atoms with Crippen LogP contribution in [-0.4, -0.2) is 4.98 Å². The Morgan fingerprint density at radius 2 is 1.55 bits per heavy atom. The van der Waals surface area contributed by atoms with Gasteiger partial charge in [0.25, 0.3) is 0 Å². The number of hydrogen-bond donors (Lipinski definition) is 0. The summed E-state index contributed by atoms with van der Waals surface area (Å²) in [7, 11) is 0. The van der Waals surface area contributed by atoms with Crippen LogP contribution in [-0.2, 0) is 0 Å². The maximum absolute atomic E-state index is 4.67. The lowest BCUT2D eigenvalue weighted by molar-refractivity contribution is 1.31. The van der Waals surface area contributed by atoms with Gasteiger partial charge in [-0.05, 0) is 41.6 Å². The van der Waals surface area contributed by atoms with Crippen LogP contribution >= 0.6 is 0 Å². The van der Waals surface area contributed by atoms with E-state index in [0.717, 1.165) is 5.69 Å². The Morgan fingerprint density at radius 3 is 2.41 bits per heavy atom. The largest absolute Gasteiger partial charge is 0.256 e. The highest BCUT2D eigenvalue weighted by Gasteiger charge is 2.07. The van der Waals surface area contributed by atoms with Crippen molar-refractivity contribution in [3.8, 4) is 11.3 Å². The fraction of sp³-hybridized carbons (Fsp3) is 0.0952. The Bertz CT molecular complexity index is 999. The van der Waals surface area contributed by atoms with Crippen LogP contribution in [0, 0.1) is 13.8 Å². The molecule has 1 heteroatoms. The minimum atomic E-state index is 1.04. The molecule has 3 aromatic carbocycles. The highest BCUT2D eigenvalue weighted by molar-refractivity contribution is 6.08. The molecular formula is C21H17N. The Morgan fingerprint density at radius 1 is 0.727 bits per heavy atom. The summed E-state index contributed by atoms with van der Waals surface area (Å²) in [5.74, 6) is 0. The molecule has 1 aromatic heterocycles. The first-order valence-corrected chi connectivity index (χ1v) is 7.57. The van der Waals surface area contributed by atoms with Crippen molar-refractivity contribution in [2.45, 2.75) is 13.8 Å². The van der Waals surface area contributed by atoms with Gasteiger partial charge in [0.1, 0.15) is 0 Å². The molecule has 106 valence electrons. The van der Waals surface area contributed by atoms with Crippen molar-refractivity contribution in [2.75, 3.05) is 0 Å². The molecule has 0 bridgehead atoms. The van der Waals surface area contributed by atoms with Gasteiger partial charge in [-0.25, -0.2) is 0 Å². The van der Waals surface area contributed by atoms with Crippen LogP contribution in [0.3, 0.4) is 0 Å². The van der Waals surface area contributed by atoms with Crippen molar-refractivity contribution in [3.63, 3.8) is 0 Å². The lowest BCUT2D eigenvalue weighted by atomic mass is 9.99. The fourth-order valence-corrected chi connectivity index (χ4v) is 3.15. The fourth-order valence-electron chi connectivity index (χ4n) is 3.15. The number of aromatic nitrogens is 1. The quantitative estimate of drug-likeness (QED) is 0.410. The molecule has 0 unspecified atom stereocenters. The van der Waals surface area contributed by atoms with Crippen LogP contribution in [0.1, 0.15) is 11.1 Å². The zero-order valence-electron chi connectivity index (χ0n) is 12.8. The van der Waals surface area contributed by atoms with E-state index in [0.29, 0.717) is 0 Å². The van der Waals surface area contributed by atoms with Crippen LogP contribution in [0.5, 0.6) is 0 Å². The lowest BCUT2D eigenvalue weighted by Crippen LogP contribution is -1.89. The van der Waals surface area contributed by atoms with Crippen molar-refractivity contribution < 1.29 is 0 Å². The maximum atomic E-state index is 4.67. The van der Waals surface area contributed by atoms with Gasteiger partial charge in [-0.3, -0.25) is 4.98 Å². The molecule has 0 fully saturated rings. The molecule has 0 aliphatic carbocycles. The summed E-state index contributed by atoms with van der Waals surface area (Å²) in [6.45, 7) is 4.27. The first kappa shape index (κ1) is 13.0. The van der Waals surface area contributed by atoms with Gasteiger partial charge < -0.3 is 0 Å². The predicted molar refractivity (Wildman–Crippen MR) is 94.2 cm³/mol. The molecule has 0 saturated heterocycles. The van der Waals surface area contributed by atoms with Gasteiger partial charge in [-0.2, -0.15) is 0 Å². The summed E-state index contributed by atoms with van der Waals surface area (Å²) >= 11 is 0.